The van der Waals surface area contributed by atoms with E-state index in [2.05, 4.69) is 36.2 Å². The highest BCUT2D eigenvalue weighted by Crippen LogP contribution is 2.25. The standard InChI is InChI=1S/C17H28N2O2/c1-13-6-7-17(21-3)16(10-13)14(2)18-11-15(20)12-19-8-4-5-9-19/h6-7,10,14-15,18,20H,4-5,8-9,11-12H2,1-3H3. The minimum absolute atomic E-state index is 0.160. The molecule has 0 aliphatic carbocycles. The SMILES string of the molecule is COc1ccc(C)cc1C(C)NCC(O)CN1CCCC1. The monoisotopic (exact) mass is 292 g/mol. The van der Waals surface area contributed by atoms with E-state index in [9.17, 15) is 5.11 Å². The van der Waals surface area contributed by atoms with Crippen LogP contribution in [0.25, 0.3) is 0 Å². The van der Waals surface area contributed by atoms with Crippen molar-refractivity contribution in [3.8, 4) is 5.75 Å². The first-order valence-corrected chi connectivity index (χ1v) is 7.88. The van der Waals surface area contributed by atoms with Crippen molar-refractivity contribution in [1.82, 2.24) is 10.2 Å². The predicted octanol–water partition coefficient (Wildman–Crippen LogP) is 2.11. The molecule has 0 amide bonds. The van der Waals surface area contributed by atoms with Gasteiger partial charge in [0.1, 0.15) is 5.75 Å². The molecule has 1 fully saturated rings. The quantitative estimate of drug-likeness (QED) is 0.808. The summed E-state index contributed by atoms with van der Waals surface area (Å²) in [5, 5.41) is 13.6. The molecule has 1 heterocycles. The molecule has 1 aromatic carbocycles. The van der Waals surface area contributed by atoms with E-state index in [4.69, 9.17) is 4.74 Å². The Labute approximate surface area is 128 Å². The van der Waals surface area contributed by atoms with Gasteiger partial charge in [-0.05, 0) is 45.8 Å². The van der Waals surface area contributed by atoms with Crippen LogP contribution in [0, 0.1) is 6.92 Å². The lowest BCUT2D eigenvalue weighted by molar-refractivity contribution is 0.121. The Balaban J connectivity index is 1.85. The summed E-state index contributed by atoms with van der Waals surface area (Å²) in [6, 6.07) is 6.36. The molecule has 2 atom stereocenters. The average molecular weight is 292 g/mol. The van der Waals surface area contributed by atoms with Gasteiger partial charge in [-0.2, -0.15) is 0 Å². The fourth-order valence-electron chi connectivity index (χ4n) is 2.94. The molecule has 1 aromatic rings. The molecule has 2 rings (SSSR count). The minimum Gasteiger partial charge on any atom is -0.496 e. The van der Waals surface area contributed by atoms with Crippen molar-refractivity contribution >= 4 is 0 Å². The van der Waals surface area contributed by atoms with Gasteiger partial charge in [-0.15, -0.1) is 0 Å². The number of aliphatic hydroxyl groups excluding tert-OH is 1. The number of ether oxygens (including phenoxy) is 1. The molecular formula is C17H28N2O2. The van der Waals surface area contributed by atoms with Crippen molar-refractivity contribution in [2.24, 2.45) is 0 Å². The number of aliphatic hydroxyl groups is 1. The van der Waals surface area contributed by atoms with Gasteiger partial charge in [-0.1, -0.05) is 17.7 Å². The van der Waals surface area contributed by atoms with Crippen LogP contribution in [-0.4, -0.2) is 49.4 Å². The van der Waals surface area contributed by atoms with Crippen molar-refractivity contribution in [1.29, 1.82) is 0 Å². The maximum absolute atomic E-state index is 10.2. The molecule has 0 bridgehead atoms. The van der Waals surface area contributed by atoms with Crippen LogP contribution in [0.3, 0.4) is 0 Å². The van der Waals surface area contributed by atoms with E-state index < -0.39 is 0 Å². The number of benzene rings is 1. The third kappa shape index (κ3) is 4.70. The molecular weight excluding hydrogens is 264 g/mol. The number of hydrogen-bond donors (Lipinski definition) is 2. The number of aryl methyl sites for hydroxylation is 1. The largest absolute Gasteiger partial charge is 0.496 e. The summed E-state index contributed by atoms with van der Waals surface area (Å²) in [6.07, 6.45) is 2.20. The third-order valence-electron chi connectivity index (χ3n) is 4.18. The van der Waals surface area contributed by atoms with Crippen molar-refractivity contribution in [2.45, 2.75) is 38.8 Å². The van der Waals surface area contributed by atoms with Gasteiger partial charge in [-0.3, -0.25) is 0 Å². The lowest BCUT2D eigenvalue weighted by Gasteiger charge is -2.23. The van der Waals surface area contributed by atoms with Crippen LogP contribution in [0.15, 0.2) is 18.2 Å². The molecule has 1 saturated heterocycles. The van der Waals surface area contributed by atoms with Gasteiger partial charge in [0.2, 0.25) is 0 Å². The van der Waals surface area contributed by atoms with E-state index in [0.717, 1.165) is 30.9 Å². The van der Waals surface area contributed by atoms with E-state index in [1.165, 1.54) is 18.4 Å². The van der Waals surface area contributed by atoms with Crippen molar-refractivity contribution in [2.75, 3.05) is 33.3 Å². The first-order chi connectivity index (χ1) is 10.1. The van der Waals surface area contributed by atoms with Crippen LogP contribution in [0.4, 0.5) is 0 Å². The molecule has 4 nitrogen and oxygen atoms in total. The minimum atomic E-state index is -0.318. The van der Waals surface area contributed by atoms with Crippen LogP contribution < -0.4 is 10.1 Å². The van der Waals surface area contributed by atoms with Crippen molar-refractivity contribution in [3.63, 3.8) is 0 Å². The number of β-amino-alcohol motifs (C(OH)–C–C–N with tert-alkyl or cyclic N) is 1. The molecule has 0 spiro atoms. The van der Waals surface area contributed by atoms with Gasteiger partial charge < -0.3 is 20.1 Å². The summed E-state index contributed by atoms with van der Waals surface area (Å²) in [7, 11) is 1.70. The van der Waals surface area contributed by atoms with Crippen LogP contribution in [-0.2, 0) is 0 Å². The second kappa shape index (κ2) is 7.78. The topological polar surface area (TPSA) is 44.7 Å². The summed E-state index contributed by atoms with van der Waals surface area (Å²) in [4.78, 5) is 2.34. The van der Waals surface area contributed by atoms with E-state index >= 15 is 0 Å². The Morgan fingerprint density at radius 2 is 2.05 bits per heavy atom. The summed E-state index contributed by atoms with van der Waals surface area (Å²) in [5.74, 6) is 0.898. The lowest BCUT2D eigenvalue weighted by Crippen LogP contribution is -2.37. The fourth-order valence-corrected chi connectivity index (χ4v) is 2.94. The average Bonchev–Trinajstić information content (AvgIpc) is 2.97. The second-order valence-electron chi connectivity index (χ2n) is 6.04. The molecule has 4 heteroatoms. The molecule has 118 valence electrons. The van der Waals surface area contributed by atoms with Gasteiger partial charge in [0, 0.05) is 24.7 Å². The second-order valence-corrected chi connectivity index (χ2v) is 6.04. The van der Waals surface area contributed by atoms with Crippen LogP contribution in [0.5, 0.6) is 5.75 Å². The van der Waals surface area contributed by atoms with Gasteiger partial charge in [0.25, 0.3) is 0 Å². The summed E-state index contributed by atoms with van der Waals surface area (Å²) < 4.78 is 5.43. The molecule has 2 N–H and O–H groups in total. The molecule has 1 aliphatic heterocycles. The summed E-state index contributed by atoms with van der Waals surface area (Å²) >= 11 is 0. The normalized spacial score (nSPS) is 18.7. The van der Waals surface area contributed by atoms with E-state index in [1.807, 2.05) is 6.07 Å². The number of hydrogen-bond acceptors (Lipinski definition) is 4. The van der Waals surface area contributed by atoms with Crippen LogP contribution >= 0.6 is 0 Å². The van der Waals surface area contributed by atoms with Crippen molar-refractivity contribution < 1.29 is 9.84 Å². The zero-order chi connectivity index (χ0) is 15.2. The van der Waals surface area contributed by atoms with Gasteiger partial charge >= 0.3 is 0 Å². The number of rotatable bonds is 7. The maximum Gasteiger partial charge on any atom is 0.123 e. The Morgan fingerprint density at radius 3 is 2.71 bits per heavy atom. The lowest BCUT2D eigenvalue weighted by atomic mass is 10.0. The maximum atomic E-state index is 10.2. The number of methoxy groups -OCH3 is 1. The Hall–Kier alpha value is -1.10. The highest BCUT2D eigenvalue weighted by Gasteiger charge is 2.17. The summed E-state index contributed by atoms with van der Waals surface area (Å²) in [5.41, 5.74) is 2.36. The third-order valence-corrected chi connectivity index (χ3v) is 4.18. The highest BCUT2D eigenvalue weighted by atomic mass is 16.5. The first kappa shape index (κ1) is 16.3. The molecule has 1 aliphatic rings. The highest BCUT2D eigenvalue weighted by molar-refractivity contribution is 5.38. The summed E-state index contributed by atoms with van der Waals surface area (Å²) in [6.45, 7) is 7.81. The van der Waals surface area contributed by atoms with Gasteiger partial charge in [0.05, 0.1) is 13.2 Å². The molecule has 0 saturated carbocycles. The van der Waals surface area contributed by atoms with Gasteiger partial charge in [0.15, 0.2) is 0 Å². The molecule has 21 heavy (non-hydrogen) atoms. The number of nitrogens with one attached hydrogen (secondary N) is 1. The van der Waals surface area contributed by atoms with Gasteiger partial charge in [-0.25, -0.2) is 0 Å². The zero-order valence-electron chi connectivity index (χ0n) is 13.4. The predicted molar refractivity (Wildman–Crippen MR) is 85.8 cm³/mol. The van der Waals surface area contributed by atoms with E-state index in [-0.39, 0.29) is 12.1 Å². The first-order valence-electron chi connectivity index (χ1n) is 7.88. The fraction of sp³-hybridized carbons (Fsp3) is 0.647. The Morgan fingerprint density at radius 1 is 1.33 bits per heavy atom. The molecule has 0 radical (unpaired) electrons. The number of likely N-dealkylation sites (tertiary alicyclic amines) is 1. The molecule has 2 unspecified atom stereocenters. The Bertz CT molecular complexity index is 444. The Kier molecular flexibility index (Phi) is 6.03. The van der Waals surface area contributed by atoms with E-state index in [1.54, 1.807) is 7.11 Å². The smallest absolute Gasteiger partial charge is 0.123 e. The number of nitrogens with zero attached hydrogens (tertiary/aromatic N) is 1. The van der Waals surface area contributed by atoms with Crippen molar-refractivity contribution in [3.05, 3.63) is 29.3 Å². The zero-order valence-corrected chi connectivity index (χ0v) is 13.4. The van der Waals surface area contributed by atoms with E-state index in [0.29, 0.717) is 6.54 Å². The van der Waals surface area contributed by atoms with Crippen LogP contribution in [0.2, 0.25) is 0 Å². The molecule has 0 aromatic heterocycles. The van der Waals surface area contributed by atoms with Crippen LogP contribution in [0.1, 0.15) is 36.9 Å².